The van der Waals surface area contributed by atoms with Gasteiger partial charge in [-0.05, 0) is 36.6 Å². The molecule has 0 spiro atoms. The van der Waals surface area contributed by atoms with E-state index in [0.29, 0.717) is 6.42 Å². The van der Waals surface area contributed by atoms with E-state index in [0.717, 1.165) is 22.5 Å². The molecule has 0 unspecified atom stereocenters. The number of aryl methyl sites for hydroxylation is 1. The van der Waals surface area contributed by atoms with Gasteiger partial charge in [0.1, 0.15) is 0 Å². The molecule has 1 aliphatic rings. The van der Waals surface area contributed by atoms with Crippen LogP contribution in [0.2, 0.25) is 0 Å². The Morgan fingerprint density at radius 1 is 1.00 bits per heavy atom. The molecule has 0 fully saturated rings. The number of carbonyl (C=O) groups is 1. The monoisotopic (exact) mass is 264 g/mol. The molecule has 2 aromatic carbocycles. The first kappa shape index (κ1) is 12.6. The Morgan fingerprint density at radius 3 is 2.50 bits per heavy atom. The van der Waals surface area contributed by atoms with Gasteiger partial charge in [0.05, 0.1) is 17.8 Å². The van der Waals surface area contributed by atoms with Gasteiger partial charge in [-0.1, -0.05) is 42.5 Å². The van der Waals surface area contributed by atoms with Crippen LogP contribution in [-0.2, 0) is 4.79 Å². The highest BCUT2D eigenvalue weighted by Gasteiger charge is 2.27. The van der Waals surface area contributed by atoms with E-state index in [2.05, 4.69) is 5.10 Å². The summed E-state index contributed by atoms with van der Waals surface area (Å²) in [6.07, 6.45) is 0.359. The van der Waals surface area contributed by atoms with E-state index in [1.807, 2.05) is 62.4 Å². The Hall–Kier alpha value is -2.42. The van der Waals surface area contributed by atoms with Crippen LogP contribution in [0.15, 0.2) is 53.6 Å². The molecule has 0 saturated carbocycles. The predicted octanol–water partition coefficient (Wildman–Crippen LogP) is 3.44. The summed E-state index contributed by atoms with van der Waals surface area (Å²) in [5.74, 6) is 0.0255. The molecule has 3 heteroatoms. The van der Waals surface area contributed by atoms with Crippen LogP contribution in [0, 0.1) is 13.8 Å². The van der Waals surface area contributed by atoms with Crippen LogP contribution in [-0.4, -0.2) is 11.6 Å². The zero-order valence-electron chi connectivity index (χ0n) is 11.6. The summed E-state index contributed by atoms with van der Waals surface area (Å²) in [6, 6.07) is 15.8. The standard InChI is InChI=1S/C17H16N2O/c1-12-7-6-10-16(13(12)2)19-17(20)11-15(18-19)14-8-4-3-5-9-14/h3-10H,11H2,1-2H3. The molecule has 2 aromatic rings. The van der Waals surface area contributed by atoms with E-state index in [4.69, 9.17) is 0 Å². The minimum absolute atomic E-state index is 0.0255. The molecule has 3 rings (SSSR count). The first-order chi connectivity index (χ1) is 9.66. The van der Waals surface area contributed by atoms with Crippen LogP contribution < -0.4 is 5.01 Å². The second-order valence-corrected chi connectivity index (χ2v) is 5.01. The second kappa shape index (κ2) is 4.93. The molecule has 0 N–H and O–H groups in total. The van der Waals surface area contributed by atoms with E-state index < -0.39 is 0 Å². The Kier molecular flexibility index (Phi) is 3.11. The molecule has 0 bridgehead atoms. The number of hydrogen-bond donors (Lipinski definition) is 0. The molecule has 0 radical (unpaired) electrons. The number of hydrazone groups is 1. The van der Waals surface area contributed by atoms with Gasteiger partial charge in [-0.25, -0.2) is 0 Å². The minimum Gasteiger partial charge on any atom is -0.272 e. The number of anilines is 1. The topological polar surface area (TPSA) is 32.7 Å². The average molecular weight is 264 g/mol. The maximum absolute atomic E-state index is 12.2. The van der Waals surface area contributed by atoms with Crippen molar-refractivity contribution < 1.29 is 4.79 Å². The molecule has 1 aliphatic heterocycles. The van der Waals surface area contributed by atoms with Crippen molar-refractivity contribution in [2.24, 2.45) is 5.10 Å². The maximum atomic E-state index is 12.2. The largest absolute Gasteiger partial charge is 0.272 e. The lowest BCUT2D eigenvalue weighted by Gasteiger charge is -2.15. The van der Waals surface area contributed by atoms with Gasteiger partial charge in [0.25, 0.3) is 5.91 Å². The van der Waals surface area contributed by atoms with Gasteiger partial charge < -0.3 is 0 Å². The fourth-order valence-corrected chi connectivity index (χ4v) is 2.37. The molecule has 0 atom stereocenters. The zero-order valence-corrected chi connectivity index (χ0v) is 11.6. The SMILES string of the molecule is Cc1cccc(N2N=C(c3ccccc3)CC2=O)c1C. The van der Waals surface area contributed by atoms with E-state index in [1.54, 1.807) is 0 Å². The first-order valence-electron chi connectivity index (χ1n) is 6.69. The normalized spacial score (nSPS) is 14.6. The zero-order chi connectivity index (χ0) is 14.1. The van der Waals surface area contributed by atoms with Crippen molar-refractivity contribution in [1.29, 1.82) is 0 Å². The molecule has 1 amide bonds. The molecule has 1 heterocycles. The Bertz CT molecular complexity index is 689. The summed E-state index contributed by atoms with van der Waals surface area (Å²) >= 11 is 0. The number of hydrogen-bond acceptors (Lipinski definition) is 2. The Labute approximate surface area is 118 Å². The molecular formula is C17H16N2O. The number of nitrogens with zero attached hydrogens (tertiary/aromatic N) is 2. The highest BCUT2D eigenvalue weighted by atomic mass is 16.2. The van der Waals surface area contributed by atoms with Crippen molar-refractivity contribution in [3.05, 3.63) is 65.2 Å². The second-order valence-electron chi connectivity index (χ2n) is 5.01. The van der Waals surface area contributed by atoms with Gasteiger partial charge in [0.15, 0.2) is 0 Å². The number of rotatable bonds is 2. The van der Waals surface area contributed by atoms with Gasteiger partial charge in [0, 0.05) is 0 Å². The lowest BCUT2D eigenvalue weighted by atomic mass is 10.1. The van der Waals surface area contributed by atoms with Crippen LogP contribution in [0.5, 0.6) is 0 Å². The summed E-state index contributed by atoms with van der Waals surface area (Å²) in [5.41, 5.74) is 4.98. The van der Waals surface area contributed by atoms with Crippen LogP contribution in [0.1, 0.15) is 23.1 Å². The number of carbonyl (C=O) groups excluding carboxylic acids is 1. The Balaban J connectivity index is 2.01. The number of amides is 1. The van der Waals surface area contributed by atoms with E-state index in [-0.39, 0.29) is 5.91 Å². The molecule has 100 valence electrons. The highest BCUT2D eigenvalue weighted by Crippen LogP contribution is 2.27. The summed E-state index contributed by atoms with van der Waals surface area (Å²) in [6.45, 7) is 4.06. The quantitative estimate of drug-likeness (QED) is 0.817. The highest BCUT2D eigenvalue weighted by molar-refractivity contribution is 6.19. The molecule has 0 aromatic heterocycles. The van der Waals surface area contributed by atoms with E-state index in [9.17, 15) is 4.79 Å². The molecule has 3 nitrogen and oxygen atoms in total. The van der Waals surface area contributed by atoms with Crippen LogP contribution in [0.3, 0.4) is 0 Å². The van der Waals surface area contributed by atoms with Crippen molar-refractivity contribution >= 4 is 17.3 Å². The molecule has 20 heavy (non-hydrogen) atoms. The summed E-state index contributed by atoms with van der Waals surface area (Å²) < 4.78 is 0. The van der Waals surface area contributed by atoms with Crippen molar-refractivity contribution in [3.63, 3.8) is 0 Å². The van der Waals surface area contributed by atoms with Crippen molar-refractivity contribution in [2.75, 3.05) is 5.01 Å². The fraction of sp³-hybridized carbons (Fsp3) is 0.176. The number of benzene rings is 2. The van der Waals surface area contributed by atoms with Gasteiger partial charge >= 0.3 is 0 Å². The summed E-state index contributed by atoms with van der Waals surface area (Å²) in [5, 5.41) is 6.04. The third kappa shape index (κ3) is 2.11. The third-order valence-electron chi connectivity index (χ3n) is 3.69. The Morgan fingerprint density at radius 2 is 1.75 bits per heavy atom. The van der Waals surface area contributed by atoms with E-state index >= 15 is 0 Å². The average Bonchev–Trinajstić information content (AvgIpc) is 2.85. The van der Waals surface area contributed by atoms with Crippen LogP contribution in [0.25, 0.3) is 0 Å². The van der Waals surface area contributed by atoms with Crippen molar-refractivity contribution in [1.82, 2.24) is 0 Å². The van der Waals surface area contributed by atoms with Gasteiger partial charge in [-0.15, -0.1) is 0 Å². The van der Waals surface area contributed by atoms with E-state index in [1.165, 1.54) is 10.6 Å². The van der Waals surface area contributed by atoms with Gasteiger partial charge in [-0.2, -0.15) is 10.1 Å². The fourth-order valence-electron chi connectivity index (χ4n) is 2.37. The van der Waals surface area contributed by atoms with Crippen LogP contribution in [0.4, 0.5) is 5.69 Å². The smallest absolute Gasteiger partial charge is 0.253 e. The van der Waals surface area contributed by atoms with Gasteiger partial charge in [0.2, 0.25) is 0 Å². The molecular weight excluding hydrogens is 248 g/mol. The maximum Gasteiger partial charge on any atom is 0.253 e. The predicted molar refractivity (Wildman–Crippen MR) is 81.0 cm³/mol. The summed E-state index contributed by atoms with van der Waals surface area (Å²) in [4.78, 5) is 12.2. The summed E-state index contributed by atoms with van der Waals surface area (Å²) in [7, 11) is 0. The molecule has 0 aliphatic carbocycles. The van der Waals surface area contributed by atoms with Gasteiger partial charge in [-0.3, -0.25) is 4.79 Å². The molecule has 0 saturated heterocycles. The lowest BCUT2D eigenvalue weighted by molar-refractivity contribution is -0.116. The van der Waals surface area contributed by atoms with Crippen molar-refractivity contribution in [3.8, 4) is 0 Å². The third-order valence-corrected chi connectivity index (χ3v) is 3.69. The van der Waals surface area contributed by atoms with Crippen LogP contribution >= 0.6 is 0 Å². The minimum atomic E-state index is 0.0255. The lowest BCUT2D eigenvalue weighted by Crippen LogP contribution is -2.20. The first-order valence-corrected chi connectivity index (χ1v) is 6.69. The van der Waals surface area contributed by atoms with Crippen molar-refractivity contribution in [2.45, 2.75) is 20.3 Å².